The highest BCUT2D eigenvalue weighted by Crippen LogP contribution is 2.19. The van der Waals surface area contributed by atoms with E-state index in [-0.39, 0.29) is 17.9 Å². The van der Waals surface area contributed by atoms with Gasteiger partial charge in [-0.05, 0) is 24.5 Å². The number of aromatic nitrogens is 3. The number of aryl methyl sites for hydroxylation is 1. The summed E-state index contributed by atoms with van der Waals surface area (Å²) in [5.74, 6) is 1.38. The summed E-state index contributed by atoms with van der Waals surface area (Å²) in [5.41, 5.74) is 1.83. The summed E-state index contributed by atoms with van der Waals surface area (Å²) in [6.07, 6.45) is 4.22. The molecule has 0 aliphatic carbocycles. The highest BCUT2D eigenvalue weighted by atomic mass is 16.2. The monoisotopic (exact) mass is 313 g/mol. The molecule has 23 heavy (non-hydrogen) atoms. The Morgan fingerprint density at radius 1 is 1.22 bits per heavy atom. The fraction of sp³-hybridized carbons (Fsp3) is 0.412. The van der Waals surface area contributed by atoms with Crippen LogP contribution in [-0.4, -0.2) is 33.9 Å². The van der Waals surface area contributed by atoms with Gasteiger partial charge in [-0.15, -0.1) is 0 Å². The van der Waals surface area contributed by atoms with Crippen LogP contribution in [0.25, 0.3) is 11.4 Å². The second-order valence-corrected chi connectivity index (χ2v) is 5.64. The molecule has 1 amide bonds. The smallest absolute Gasteiger partial charge is 0.242 e. The molecule has 0 fully saturated rings. The maximum absolute atomic E-state index is 12.0. The number of amides is 1. The number of likely N-dealkylation sites (N-methyl/N-ethyl adjacent to an activating group) is 1. The van der Waals surface area contributed by atoms with Gasteiger partial charge in [0.1, 0.15) is 11.9 Å². The summed E-state index contributed by atoms with van der Waals surface area (Å²) in [7, 11) is 1.64. The number of rotatable bonds is 6. The first-order chi connectivity index (χ1) is 11.0. The number of nitrogens with zero attached hydrogens (tertiary/aromatic N) is 3. The van der Waals surface area contributed by atoms with Crippen LogP contribution < -0.4 is 10.6 Å². The maximum Gasteiger partial charge on any atom is 0.242 e. The van der Waals surface area contributed by atoms with Crippen molar-refractivity contribution in [3.05, 3.63) is 36.3 Å². The van der Waals surface area contributed by atoms with E-state index >= 15 is 0 Å². The summed E-state index contributed by atoms with van der Waals surface area (Å²) in [5, 5.41) is 5.92. The molecule has 0 aliphatic rings. The van der Waals surface area contributed by atoms with Gasteiger partial charge in [0.2, 0.25) is 5.91 Å². The topological polar surface area (TPSA) is 79.8 Å². The number of hydrogen-bond donors (Lipinski definition) is 2. The Hall–Kier alpha value is -2.50. The van der Waals surface area contributed by atoms with Gasteiger partial charge in [-0.25, -0.2) is 9.97 Å². The molecule has 2 N–H and O–H groups in total. The van der Waals surface area contributed by atoms with Crippen LogP contribution >= 0.6 is 0 Å². The Labute approximate surface area is 136 Å². The highest BCUT2D eigenvalue weighted by Gasteiger charge is 2.21. The summed E-state index contributed by atoms with van der Waals surface area (Å²) >= 11 is 0. The maximum atomic E-state index is 12.0. The average molecular weight is 313 g/mol. The number of hydrogen-bond acceptors (Lipinski definition) is 5. The Morgan fingerprint density at radius 3 is 2.48 bits per heavy atom. The van der Waals surface area contributed by atoms with Crippen LogP contribution in [0, 0.1) is 5.92 Å². The first-order valence-electron chi connectivity index (χ1n) is 7.81. The highest BCUT2D eigenvalue weighted by molar-refractivity contribution is 5.84. The third kappa shape index (κ3) is 4.25. The third-order valence-corrected chi connectivity index (χ3v) is 3.58. The second kappa shape index (κ2) is 7.67. The molecule has 1 unspecified atom stereocenters. The van der Waals surface area contributed by atoms with Gasteiger partial charge in [-0.1, -0.05) is 20.8 Å². The van der Waals surface area contributed by atoms with E-state index in [1.807, 2.05) is 39.0 Å². The molecule has 2 heterocycles. The molecule has 122 valence electrons. The summed E-state index contributed by atoms with van der Waals surface area (Å²) in [6, 6.07) is 5.29. The van der Waals surface area contributed by atoms with Gasteiger partial charge < -0.3 is 10.6 Å². The molecule has 6 heteroatoms. The van der Waals surface area contributed by atoms with Gasteiger partial charge in [0.25, 0.3) is 0 Å². The minimum absolute atomic E-state index is 0.0536. The van der Waals surface area contributed by atoms with Crippen LogP contribution in [0.5, 0.6) is 0 Å². The largest absolute Gasteiger partial charge is 0.358 e. The van der Waals surface area contributed by atoms with Gasteiger partial charge in [0.15, 0.2) is 5.82 Å². The average Bonchev–Trinajstić information content (AvgIpc) is 2.59. The number of nitrogens with one attached hydrogen (secondary N) is 2. The molecule has 0 saturated carbocycles. The lowest BCUT2D eigenvalue weighted by molar-refractivity contribution is -0.122. The van der Waals surface area contributed by atoms with Crippen LogP contribution in [0.2, 0.25) is 0 Å². The lowest BCUT2D eigenvalue weighted by Gasteiger charge is -2.21. The molecular weight excluding hydrogens is 290 g/mol. The Morgan fingerprint density at radius 2 is 1.91 bits per heavy atom. The van der Waals surface area contributed by atoms with Crippen LogP contribution in [0.15, 0.2) is 30.6 Å². The van der Waals surface area contributed by atoms with Crippen molar-refractivity contribution < 1.29 is 4.79 Å². The molecule has 0 radical (unpaired) electrons. The van der Waals surface area contributed by atoms with Gasteiger partial charge in [-0.3, -0.25) is 9.78 Å². The normalized spacial score (nSPS) is 12.0. The summed E-state index contributed by atoms with van der Waals surface area (Å²) in [4.78, 5) is 25.2. The van der Waals surface area contributed by atoms with E-state index in [2.05, 4.69) is 25.6 Å². The second-order valence-electron chi connectivity index (χ2n) is 5.64. The molecule has 0 aliphatic heterocycles. The lowest BCUT2D eigenvalue weighted by Crippen LogP contribution is -2.41. The van der Waals surface area contributed by atoms with Crippen LogP contribution in [0.4, 0.5) is 5.82 Å². The fourth-order valence-corrected chi connectivity index (χ4v) is 2.23. The fourth-order valence-electron chi connectivity index (χ4n) is 2.23. The van der Waals surface area contributed by atoms with Crippen molar-refractivity contribution in [2.24, 2.45) is 5.92 Å². The first kappa shape index (κ1) is 16.9. The minimum atomic E-state index is -0.343. The van der Waals surface area contributed by atoms with Crippen LogP contribution in [-0.2, 0) is 11.2 Å². The van der Waals surface area contributed by atoms with E-state index in [1.165, 1.54) is 0 Å². The SMILES string of the molecule is CCc1cc(NC(C(=O)NC)C(C)C)nc(-c2ccncc2)n1. The van der Waals surface area contributed by atoms with Crippen molar-refractivity contribution >= 4 is 11.7 Å². The van der Waals surface area contributed by atoms with Crippen LogP contribution in [0.3, 0.4) is 0 Å². The van der Waals surface area contributed by atoms with Gasteiger partial charge in [-0.2, -0.15) is 0 Å². The molecule has 0 spiro atoms. The molecule has 2 rings (SSSR count). The van der Waals surface area contributed by atoms with E-state index < -0.39 is 0 Å². The zero-order chi connectivity index (χ0) is 16.8. The Kier molecular flexibility index (Phi) is 5.62. The third-order valence-electron chi connectivity index (χ3n) is 3.58. The van der Waals surface area contributed by atoms with E-state index in [0.29, 0.717) is 11.6 Å². The van der Waals surface area contributed by atoms with Crippen molar-refractivity contribution in [3.63, 3.8) is 0 Å². The van der Waals surface area contributed by atoms with E-state index in [9.17, 15) is 4.79 Å². The standard InChI is InChI=1S/C17H23N5O/c1-5-13-10-14(21-15(11(2)3)17(23)18-4)22-16(20-13)12-6-8-19-9-7-12/h6-11,15H,5H2,1-4H3,(H,18,23)(H,20,21,22). The molecule has 0 saturated heterocycles. The number of carbonyl (C=O) groups is 1. The Balaban J connectivity index is 2.36. The van der Waals surface area contributed by atoms with Crippen molar-refractivity contribution in [2.75, 3.05) is 12.4 Å². The summed E-state index contributed by atoms with van der Waals surface area (Å²) < 4.78 is 0. The van der Waals surface area contributed by atoms with E-state index in [1.54, 1.807) is 19.4 Å². The molecule has 0 bridgehead atoms. The van der Waals surface area contributed by atoms with Crippen LogP contribution in [0.1, 0.15) is 26.5 Å². The zero-order valence-corrected chi connectivity index (χ0v) is 14.0. The van der Waals surface area contributed by atoms with E-state index in [4.69, 9.17) is 0 Å². The molecule has 2 aromatic rings. The molecular formula is C17H23N5O. The van der Waals surface area contributed by atoms with Crippen molar-refractivity contribution in [1.82, 2.24) is 20.3 Å². The van der Waals surface area contributed by atoms with Crippen molar-refractivity contribution in [1.29, 1.82) is 0 Å². The number of anilines is 1. The van der Waals surface area contributed by atoms with Gasteiger partial charge in [0.05, 0.1) is 0 Å². The minimum Gasteiger partial charge on any atom is -0.358 e. The quantitative estimate of drug-likeness (QED) is 0.855. The van der Waals surface area contributed by atoms with Crippen molar-refractivity contribution in [2.45, 2.75) is 33.2 Å². The predicted molar refractivity (Wildman–Crippen MR) is 91.0 cm³/mol. The predicted octanol–water partition coefficient (Wildman–Crippen LogP) is 2.28. The lowest BCUT2D eigenvalue weighted by atomic mass is 10.0. The summed E-state index contributed by atoms with van der Waals surface area (Å²) in [6.45, 7) is 6.04. The Bertz CT molecular complexity index is 657. The first-order valence-corrected chi connectivity index (χ1v) is 7.81. The van der Waals surface area contributed by atoms with Gasteiger partial charge in [0, 0.05) is 36.8 Å². The van der Waals surface area contributed by atoms with Gasteiger partial charge >= 0.3 is 0 Å². The zero-order valence-electron chi connectivity index (χ0n) is 14.0. The van der Waals surface area contributed by atoms with Crippen molar-refractivity contribution in [3.8, 4) is 11.4 Å². The molecule has 6 nitrogen and oxygen atoms in total. The molecule has 2 aromatic heterocycles. The number of pyridine rings is 1. The number of carbonyl (C=O) groups excluding carboxylic acids is 1. The molecule has 0 aromatic carbocycles. The molecule has 1 atom stereocenters. The van der Waals surface area contributed by atoms with E-state index in [0.717, 1.165) is 17.7 Å².